The molecule has 0 aliphatic carbocycles. The molecule has 0 aliphatic heterocycles. The van der Waals surface area contributed by atoms with Gasteiger partial charge >= 0.3 is 0 Å². The molecule has 1 atom stereocenters. The summed E-state index contributed by atoms with van der Waals surface area (Å²) in [6, 6.07) is 8.52. The van der Waals surface area contributed by atoms with E-state index in [4.69, 9.17) is 11.6 Å². The van der Waals surface area contributed by atoms with E-state index < -0.39 is 0 Å². The molecule has 0 saturated heterocycles. The highest BCUT2D eigenvalue weighted by Crippen LogP contribution is 2.19. The average Bonchev–Trinajstić information content (AvgIpc) is 2.39. The molecule has 0 bridgehead atoms. The van der Waals surface area contributed by atoms with Gasteiger partial charge in [-0.05, 0) is 30.7 Å². The van der Waals surface area contributed by atoms with Crippen LogP contribution in [-0.4, -0.2) is 16.0 Å². The molecular weight excluding hydrogens is 264 g/mol. The first-order chi connectivity index (χ1) is 9.08. The molecule has 2 aromatic rings. The summed E-state index contributed by atoms with van der Waals surface area (Å²) in [5.41, 5.74) is 1.10. The highest BCUT2D eigenvalue weighted by Gasteiger charge is 2.14. The maximum absolute atomic E-state index is 12.0. The van der Waals surface area contributed by atoms with Crippen molar-refractivity contribution < 1.29 is 9.90 Å². The zero-order valence-corrected chi connectivity index (χ0v) is 11.1. The van der Waals surface area contributed by atoms with Gasteiger partial charge in [-0.3, -0.25) is 9.78 Å². The summed E-state index contributed by atoms with van der Waals surface area (Å²) < 4.78 is 0. The predicted octanol–water partition coefficient (Wildman–Crippen LogP) is 2.93. The lowest BCUT2D eigenvalue weighted by Crippen LogP contribution is -2.26. The van der Waals surface area contributed by atoms with E-state index in [9.17, 15) is 9.90 Å². The van der Waals surface area contributed by atoms with Crippen LogP contribution in [0.1, 0.15) is 28.9 Å². The van der Waals surface area contributed by atoms with E-state index in [1.54, 1.807) is 12.1 Å². The Balaban J connectivity index is 2.13. The number of pyridine rings is 1. The van der Waals surface area contributed by atoms with Gasteiger partial charge in [0.15, 0.2) is 0 Å². The van der Waals surface area contributed by atoms with Crippen molar-refractivity contribution in [2.75, 3.05) is 0 Å². The molecule has 1 amide bonds. The fraction of sp³-hybridized carbons (Fsp3) is 0.143. The van der Waals surface area contributed by atoms with Crippen LogP contribution >= 0.6 is 11.6 Å². The molecule has 0 radical (unpaired) electrons. The molecule has 1 aromatic heterocycles. The van der Waals surface area contributed by atoms with E-state index in [2.05, 4.69) is 10.3 Å². The zero-order valence-electron chi connectivity index (χ0n) is 10.3. The number of nitrogens with one attached hydrogen (secondary N) is 1. The van der Waals surface area contributed by atoms with Gasteiger partial charge in [-0.2, -0.15) is 0 Å². The van der Waals surface area contributed by atoms with Gasteiger partial charge in [0.2, 0.25) is 0 Å². The lowest BCUT2D eigenvalue weighted by molar-refractivity contribution is 0.0937. The van der Waals surface area contributed by atoms with Crippen molar-refractivity contribution in [3.8, 4) is 5.75 Å². The fourth-order valence-electron chi connectivity index (χ4n) is 1.71. The summed E-state index contributed by atoms with van der Waals surface area (Å²) in [5.74, 6) is -0.495. The summed E-state index contributed by atoms with van der Waals surface area (Å²) in [4.78, 5) is 15.7. The Morgan fingerprint density at radius 3 is 2.89 bits per heavy atom. The first-order valence-corrected chi connectivity index (χ1v) is 6.15. The fourth-order valence-corrected chi connectivity index (χ4v) is 1.91. The van der Waals surface area contributed by atoms with Gasteiger partial charge in [0, 0.05) is 11.2 Å². The van der Waals surface area contributed by atoms with Crippen LogP contribution in [-0.2, 0) is 0 Å². The minimum atomic E-state index is -0.354. The summed E-state index contributed by atoms with van der Waals surface area (Å²) in [5, 5.41) is 13.0. The van der Waals surface area contributed by atoms with Gasteiger partial charge in [-0.15, -0.1) is 0 Å². The lowest BCUT2D eigenvalue weighted by Gasteiger charge is -2.15. The van der Waals surface area contributed by atoms with Crippen LogP contribution in [0.2, 0.25) is 5.02 Å². The molecule has 2 rings (SSSR count). The van der Waals surface area contributed by atoms with E-state index >= 15 is 0 Å². The van der Waals surface area contributed by atoms with Gasteiger partial charge in [-0.1, -0.05) is 23.7 Å². The van der Waals surface area contributed by atoms with Crippen molar-refractivity contribution in [3.05, 3.63) is 58.9 Å². The Bertz CT molecular complexity index is 602. The number of nitrogens with zero attached hydrogens (tertiary/aromatic N) is 1. The number of aromatic nitrogens is 1. The Kier molecular flexibility index (Phi) is 4.02. The van der Waals surface area contributed by atoms with Crippen LogP contribution < -0.4 is 5.32 Å². The Labute approximate surface area is 116 Å². The molecule has 0 aliphatic rings. The molecule has 4 nitrogen and oxygen atoms in total. The second kappa shape index (κ2) is 5.71. The smallest absolute Gasteiger partial charge is 0.255 e. The lowest BCUT2D eigenvalue weighted by atomic mass is 10.1. The van der Waals surface area contributed by atoms with Gasteiger partial charge in [0.1, 0.15) is 5.75 Å². The van der Waals surface area contributed by atoms with E-state index in [1.807, 2.05) is 19.1 Å². The number of halogens is 1. The normalized spacial score (nSPS) is 11.9. The van der Waals surface area contributed by atoms with Crippen LogP contribution in [0.5, 0.6) is 5.75 Å². The molecule has 1 unspecified atom stereocenters. The first kappa shape index (κ1) is 13.4. The molecule has 19 heavy (non-hydrogen) atoms. The highest BCUT2D eigenvalue weighted by atomic mass is 35.5. The third kappa shape index (κ3) is 3.23. The van der Waals surface area contributed by atoms with Crippen molar-refractivity contribution in [3.63, 3.8) is 0 Å². The maximum Gasteiger partial charge on any atom is 0.255 e. The average molecular weight is 277 g/mol. The second-order valence-corrected chi connectivity index (χ2v) is 4.58. The third-order valence-electron chi connectivity index (χ3n) is 2.74. The summed E-state index contributed by atoms with van der Waals surface area (Å²) >= 11 is 5.91. The van der Waals surface area contributed by atoms with Crippen LogP contribution in [0.25, 0.3) is 0 Å². The van der Waals surface area contributed by atoms with Gasteiger partial charge in [0.05, 0.1) is 17.8 Å². The molecule has 1 aromatic carbocycles. The van der Waals surface area contributed by atoms with Crippen molar-refractivity contribution >= 4 is 17.5 Å². The molecule has 1 heterocycles. The number of rotatable bonds is 3. The SMILES string of the molecule is CC(NC(=O)c1ccncc1O)c1cccc(Cl)c1. The minimum Gasteiger partial charge on any atom is -0.505 e. The molecule has 98 valence electrons. The number of carbonyl (C=O) groups is 1. The summed E-state index contributed by atoms with van der Waals surface area (Å²) in [6.07, 6.45) is 2.69. The molecule has 0 saturated carbocycles. The van der Waals surface area contributed by atoms with E-state index in [0.717, 1.165) is 5.56 Å². The number of carbonyl (C=O) groups excluding carboxylic acids is 1. The topological polar surface area (TPSA) is 62.2 Å². The molecule has 0 spiro atoms. The molecule has 2 N–H and O–H groups in total. The van der Waals surface area contributed by atoms with Crippen molar-refractivity contribution in [1.29, 1.82) is 0 Å². The number of hydrogen-bond donors (Lipinski definition) is 2. The number of hydrogen-bond acceptors (Lipinski definition) is 3. The van der Waals surface area contributed by atoms with Crippen LogP contribution in [0, 0.1) is 0 Å². The monoisotopic (exact) mass is 276 g/mol. The van der Waals surface area contributed by atoms with Crippen LogP contribution in [0.4, 0.5) is 0 Å². The van der Waals surface area contributed by atoms with Gasteiger partial charge < -0.3 is 10.4 Å². The van der Waals surface area contributed by atoms with E-state index in [1.165, 1.54) is 18.5 Å². The second-order valence-electron chi connectivity index (χ2n) is 4.14. The highest BCUT2D eigenvalue weighted by molar-refractivity contribution is 6.30. The first-order valence-electron chi connectivity index (χ1n) is 5.77. The summed E-state index contributed by atoms with van der Waals surface area (Å²) in [6.45, 7) is 1.85. The zero-order chi connectivity index (χ0) is 13.8. The van der Waals surface area contributed by atoms with E-state index in [0.29, 0.717) is 5.02 Å². The number of aromatic hydroxyl groups is 1. The third-order valence-corrected chi connectivity index (χ3v) is 2.98. The van der Waals surface area contributed by atoms with Crippen molar-refractivity contribution in [2.24, 2.45) is 0 Å². The largest absolute Gasteiger partial charge is 0.505 e. The number of benzene rings is 1. The molecule has 5 heteroatoms. The minimum absolute atomic E-state index is 0.140. The Hall–Kier alpha value is -2.07. The predicted molar refractivity (Wildman–Crippen MR) is 73.2 cm³/mol. The Morgan fingerprint density at radius 1 is 1.42 bits per heavy atom. The van der Waals surface area contributed by atoms with Gasteiger partial charge in [-0.25, -0.2) is 0 Å². The standard InChI is InChI=1S/C14H13ClN2O2/c1-9(10-3-2-4-11(15)7-10)17-14(19)12-5-6-16-8-13(12)18/h2-9,18H,1H3,(H,17,19). The molecule has 0 fully saturated rings. The maximum atomic E-state index is 12.0. The number of amides is 1. The Morgan fingerprint density at radius 2 is 2.21 bits per heavy atom. The van der Waals surface area contributed by atoms with E-state index in [-0.39, 0.29) is 23.3 Å². The van der Waals surface area contributed by atoms with Crippen LogP contribution in [0.15, 0.2) is 42.7 Å². The summed E-state index contributed by atoms with van der Waals surface area (Å²) in [7, 11) is 0. The molecular formula is C14H13ClN2O2. The van der Waals surface area contributed by atoms with Crippen molar-refractivity contribution in [2.45, 2.75) is 13.0 Å². The van der Waals surface area contributed by atoms with Gasteiger partial charge in [0.25, 0.3) is 5.91 Å². The quantitative estimate of drug-likeness (QED) is 0.906. The van der Waals surface area contributed by atoms with Crippen molar-refractivity contribution in [1.82, 2.24) is 10.3 Å². The van der Waals surface area contributed by atoms with Crippen LogP contribution in [0.3, 0.4) is 0 Å².